The van der Waals surface area contributed by atoms with Crippen molar-refractivity contribution < 1.29 is 0 Å². The molecule has 0 saturated carbocycles. The topological polar surface area (TPSA) is 0 Å². The van der Waals surface area contributed by atoms with Crippen molar-refractivity contribution in [3.8, 4) is 0 Å². The highest BCUT2D eigenvalue weighted by atomic mass is 14.6. The lowest BCUT2D eigenvalue weighted by molar-refractivity contribution is 0.249. The second-order valence-corrected chi connectivity index (χ2v) is 13.7. The number of allylic oxidation sites excluding steroid dienone is 4. The van der Waals surface area contributed by atoms with Gasteiger partial charge in [0.05, 0.1) is 0 Å². The molecule has 0 unspecified atom stereocenters. The highest BCUT2D eigenvalue weighted by Gasteiger charge is 2.58. The van der Waals surface area contributed by atoms with Crippen LogP contribution in [0.3, 0.4) is 0 Å². The first kappa shape index (κ1) is 25.3. The van der Waals surface area contributed by atoms with Gasteiger partial charge in [-0.25, -0.2) is 0 Å². The van der Waals surface area contributed by atoms with Crippen molar-refractivity contribution in [1.82, 2.24) is 0 Å². The zero-order valence-corrected chi connectivity index (χ0v) is 24.4. The Labute approximate surface area is 240 Å². The minimum atomic E-state index is -0.0375. The molecule has 0 aliphatic heterocycles. The van der Waals surface area contributed by atoms with Crippen molar-refractivity contribution in [3.63, 3.8) is 0 Å². The number of rotatable bonds is 4. The molecule has 3 aliphatic carbocycles. The monoisotopic (exact) mass is 520 g/mol. The van der Waals surface area contributed by atoms with Crippen LogP contribution in [0.15, 0.2) is 144 Å². The lowest BCUT2D eigenvalue weighted by Crippen LogP contribution is -2.51. The fourth-order valence-corrected chi connectivity index (χ4v) is 8.50. The van der Waals surface area contributed by atoms with Crippen LogP contribution in [0.5, 0.6) is 0 Å². The van der Waals surface area contributed by atoms with Crippen molar-refractivity contribution in [1.29, 1.82) is 0 Å². The van der Waals surface area contributed by atoms with Gasteiger partial charge in [0.2, 0.25) is 0 Å². The fourth-order valence-electron chi connectivity index (χ4n) is 8.50. The minimum Gasteiger partial charge on any atom is -0.0622 e. The van der Waals surface area contributed by atoms with Crippen LogP contribution >= 0.6 is 0 Å². The molecule has 4 aromatic carbocycles. The summed E-state index contributed by atoms with van der Waals surface area (Å²) in [6.07, 6.45) is 4.42. The lowest BCUT2D eigenvalue weighted by Gasteiger charge is -2.60. The van der Waals surface area contributed by atoms with E-state index in [1.54, 1.807) is 22.3 Å². The van der Waals surface area contributed by atoms with Gasteiger partial charge >= 0.3 is 0 Å². The van der Waals surface area contributed by atoms with E-state index in [-0.39, 0.29) is 21.7 Å². The summed E-state index contributed by atoms with van der Waals surface area (Å²) in [6, 6.07) is 45.3. The third kappa shape index (κ3) is 3.51. The average molecular weight is 521 g/mol. The SMILES string of the molecule is CC1(C)CC2=C(CC2(c2ccccc2)c2ccccc2)C(C)(C)CC2=C1CC2(c1ccccc1)c1ccccc1. The Bertz CT molecular complexity index is 1390. The molecule has 0 aromatic heterocycles. The summed E-state index contributed by atoms with van der Waals surface area (Å²) in [7, 11) is 0. The smallest absolute Gasteiger partial charge is 0.0451 e. The number of hydrogen-bond acceptors (Lipinski definition) is 0. The summed E-state index contributed by atoms with van der Waals surface area (Å²) in [5.74, 6) is 0. The highest BCUT2D eigenvalue weighted by molar-refractivity contribution is 5.64. The van der Waals surface area contributed by atoms with Gasteiger partial charge in [-0.3, -0.25) is 0 Å². The maximum absolute atomic E-state index is 2.52. The van der Waals surface area contributed by atoms with E-state index in [1.165, 1.54) is 22.3 Å². The molecule has 0 radical (unpaired) electrons. The van der Waals surface area contributed by atoms with Crippen molar-refractivity contribution >= 4 is 0 Å². The van der Waals surface area contributed by atoms with Crippen LogP contribution in [0, 0.1) is 10.8 Å². The van der Waals surface area contributed by atoms with E-state index >= 15 is 0 Å². The van der Waals surface area contributed by atoms with Crippen LogP contribution in [0.1, 0.15) is 75.6 Å². The first-order valence-electron chi connectivity index (χ1n) is 15.0. The van der Waals surface area contributed by atoms with Crippen molar-refractivity contribution in [3.05, 3.63) is 166 Å². The standard InChI is InChI=1S/C40H40/c1-37(2)25-35-34(28-40(35,31-21-13-7-14-22-31)32-23-15-8-16-24-32)38(3,4)26-36-33(37)27-39(36,29-17-9-5-10-18-29)30-19-11-6-12-20-30/h5-24H,25-28H2,1-4H3. The van der Waals surface area contributed by atoms with Gasteiger partial charge in [0, 0.05) is 10.8 Å². The quantitative estimate of drug-likeness (QED) is 0.235. The number of hydrogen-bond donors (Lipinski definition) is 0. The maximum atomic E-state index is 2.52. The van der Waals surface area contributed by atoms with E-state index in [0.29, 0.717) is 0 Å². The third-order valence-electron chi connectivity index (χ3n) is 10.6. The normalized spacial score (nSPS) is 21.7. The first-order chi connectivity index (χ1) is 19.3. The van der Waals surface area contributed by atoms with Gasteiger partial charge in [0.25, 0.3) is 0 Å². The Morgan fingerprint density at radius 3 is 0.825 bits per heavy atom. The highest BCUT2D eigenvalue weighted by Crippen LogP contribution is 2.68. The molecule has 0 bridgehead atoms. The molecule has 0 heteroatoms. The van der Waals surface area contributed by atoms with E-state index in [9.17, 15) is 0 Å². The van der Waals surface area contributed by atoms with Crippen molar-refractivity contribution in [2.75, 3.05) is 0 Å². The maximum Gasteiger partial charge on any atom is 0.0451 e. The van der Waals surface area contributed by atoms with Crippen LogP contribution < -0.4 is 0 Å². The molecule has 40 heavy (non-hydrogen) atoms. The summed E-state index contributed by atoms with van der Waals surface area (Å²) in [5.41, 5.74) is 12.6. The Morgan fingerprint density at radius 2 is 0.575 bits per heavy atom. The van der Waals surface area contributed by atoms with Crippen LogP contribution in [-0.4, -0.2) is 0 Å². The van der Waals surface area contributed by atoms with E-state index < -0.39 is 0 Å². The molecule has 0 saturated heterocycles. The molecular weight excluding hydrogens is 480 g/mol. The Morgan fingerprint density at radius 1 is 0.325 bits per heavy atom. The van der Waals surface area contributed by atoms with Gasteiger partial charge < -0.3 is 0 Å². The predicted octanol–water partition coefficient (Wildman–Crippen LogP) is 10.2. The van der Waals surface area contributed by atoms with Gasteiger partial charge in [-0.2, -0.15) is 0 Å². The molecule has 0 heterocycles. The second kappa shape index (κ2) is 8.93. The lowest BCUT2D eigenvalue weighted by atomic mass is 9.43. The summed E-state index contributed by atoms with van der Waals surface area (Å²) in [6.45, 7) is 10.1. The van der Waals surface area contributed by atoms with E-state index in [4.69, 9.17) is 0 Å². The molecule has 0 atom stereocenters. The Kier molecular flexibility index (Phi) is 5.66. The molecule has 7 rings (SSSR count). The first-order valence-corrected chi connectivity index (χ1v) is 15.0. The molecule has 0 amide bonds. The van der Waals surface area contributed by atoms with Gasteiger partial charge in [-0.1, -0.05) is 171 Å². The third-order valence-corrected chi connectivity index (χ3v) is 10.6. The van der Waals surface area contributed by atoms with Gasteiger partial charge in [0.1, 0.15) is 0 Å². The molecule has 3 aliphatic rings. The van der Waals surface area contributed by atoms with Gasteiger partial charge in [-0.05, 0) is 58.8 Å². The molecule has 4 aromatic rings. The largest absolute Gasteiger partial charge is 0.0622 e. The van der Waals surface area contributed by atoms with Gasteiger partial charge in [-0.15, -0.1) is 0 Å². The van der Waals surface area contributed by atoms with Crippen LogP contribution in [0.25, 0.3) is 0 Å². The Balaban J connectivity index is 1.41. The summed E-state index contributed by atoms with van der Waals surface area (Å²) in [4.78, 5) is 0. The minimum absolute atomic E-state index is 0.0375. The van der Waals surface area contributed by atoms with Crippen LogP contribution in [-0.2, 0) is 10.8 Å². The zero-order chi connectivity index (χ0) is 27.6. The van der Waals surface area contributed by atoms with Gasteiger partial charge in [0.15, 0.2) is 0 Å². The molecule has 0 N–H and O–H groups in total. The molecule has 0 nitrogen and oxygen atoms in total. The zero-order valence-electron chi connectivity index (χ0n) is 24.4. The van der Waals surface area contributed by atoms with Crippen molar-refractivity contribution in [2.45, 2.75) is 64.2 Å². The molecule has 0 spiro atoms. The van der Waals surface area contributed by atoms with E-state index in [1.807, 2.05) is 0 Å². The van der Waals surface area contributed by atoms with Crippen LogP contribution in [0.4, 0.5) is 0 Å². The Hall–Kier alpha value is -3.64. The predicted molar refractivity (Wildman–Crippen MR) is 167 cm³/mol. The molecule has 0 fully saturated rings. The summed E-state index contributed by atoms with van der Waals surface area (Å²) < 4.78 is 0. The van der Waals surface area contributed by atoms with Crippen LogP contribution in [0.2, 0.25) is 0 Å². The summed E-state index contributed by atoms with van der Waals surface area (Å²) >= 11 is 0. The second-order valence-electron chi connectivity index (χ2n) is 13.7. The average Bonchev–Trinajstić information content (AvgIpc) is 2.96. The van der Waals surface area contributed by atoms with E-state index in [2.05, 4.69) is 149 Å². The molecule has 200 valence electrons. The van der Waals surface area contributed by atoms with E-state index in [0.717, 1.165) is 25.7 Å². The molecular formula is C40H40. The number of benzene rings is 4. The fraction of sp³-hybridized carbons (Fsp3) is 0.300. The summed E-state index contributed by atoms with van der Waals surface area (Å²) in [5, 5.41) is 0. The van der Waals surface area contributed by atoms with Crippen molar-refractivity contribution in [2.24, 2.45) is 10.8 Å².